The Labute approximate surface area is 97.8 Å². The molecule has 0 unspecified atom stereocenters. The lowest BCUT2D eigenvalue weighted by Crippen LogP contribution is -2.03. The number of hydrogen-bond acceptors (Lipinski definition) is 0. The maximum atomic E-state index is 2.32. The predicted octanol–water partition coefficient (Wildman–Crippen LogP) is 5.95. The highest BCUT2D eigenvalue weighted by molar-refractivity contribution is 4.63. The number of rotatable bonds is 5. The van der Waals surface area contributed by atoms with Crippen LogP contribution < -0.4 is 0 Å². The van der Waals surface area contributed by atoms with Gasteiger partial charge in [0.15, 0.2) is 0 Å². The molecule has 0 aliphatic heterocycles. The van der Waals surface area contributed by atoms with E-state index in [9.17, 15) is 0 Å². The van der Waals surface area contributed by atoms with E-state index in [0.717, 1.165) is 5.92 Å². The number of hydrogen-bond donors (Lipinski definition) is 0. The lowest BCUT2D eigenvalue weighted by Gasteiger charge is -2.18. The van der Waals surface area contributed by atoms with Gasteiger partial charge < -0.3 is 0 Å². The van der Waals surface area contributed by atoms with E-state index < -0.39 is 0 Å². The standard InChI is InChI=1S/C8H16.C7H16/c1-2-8-6-4-3-5-7-8;1-3-5-7-6-4-2/h8H,2-7H2,1H3;3-7H2,1-2H3. The van der Waals surface area contributed by atoms with Gasteiger partial charge in [0.2, 0.25) is 0 Å². The minimum absolute atomic E-state index is 1.09. The largest absolute Gasteiger partial charge is 0.0654 e. The fraction of sp³-hybridized carbons (Fsp3) is 1.00. The van der Waals surface area contributed by atoms with Crippen LogP contribution in [0, 0.1) is 5.92 Å². The Morgan fingerprint density at radius 3 is 1.60 bits per heavy atom. The van der Waals surface area contributed by atoms with Crippen LogP contribution in [0.5, 0.6) is 0 Å². The summed E-state index contributed by atoms with van der Waals surface area (Å²) in [4.78, 5) is 0. The normalized spacial score (nSPS) is 17.0. The molecule has 0 spiro atoms. The molecular formula is C15H32. The first-order valence-corrected chi connectivity index (χ1v) is 7.35. The summed E-state index contributed by atoms with van der Waals surface area (Å²) >= 11 is 0. The van der Waals surface area contributed by atoms with E-state index in [1.807, 2.05) is 0 Å². The van der Waals surface area contributed by atoms with Gasteiger partial charge in [0.25, 0.3) is 0 Å². The molecular weight excluding hydrogens is 180 g/mol. The first-order valence-electron chi connectivity index (χ1n) is 7.35. The zero-order valence-electron chi connectivity index (χ0n) is 11.4. The molecule has 0 atom stereocenters. The maximum Gasteiger partial charge on any atom is -0.0417 e. The van der Waals surface area contributed by atoms with Crippen molar-refractivity contribution in [2.24, 2.45) is 5.92 Å². The van der Waals surface area contributed by atoms with Crippen molar-refractivity contribution in [3.05, 3.63) is 0 Å². The van der Waals surface area contributed by atoms with Gasteiger partial charge in [0.05, 0.1) is 0 Å². The summed E-state index contributed by atoms with van der Waals surface area (Å²) < 4.78 is 0. The van der Waals surface area contributed by atoms with E-state index in [2.05, 4.69) is 20.8 Å². The molecule has 1 saturated carbocycles. The molecule has 0 heterocycles. The summed E-state index contributed by atoms with van der Waals surface area (Å²) in [6, 6.07) is 0. The summed E-state index contributed by atoms with van der Waals surface area (Å²) in [5, 5.41) is 0. The van der Waals surface area contributed by atoms with Gasteiger partial charge in [-0.3, -0.25) is 0 Å². The molecule has 0 nitrogen and oxygen atoms in total. The van der Waals surface area contributed by atoms with E-state index in [0.29, 0.717) is 0 Å². The summed E-state index contributed by atoms with van der Waals surface area (Å²) in [5.41, 5.74) is 0. The van der Waals surface area contributed by atoms with Gasteiger partial charge in [-0.25, -0.2) is 0 Å². The third kappa shape index (κ3) is 10.3. The monoisotopic (exact) mass is 212 g/mol. The van der Waals surface area contributed by atoms with Crippen LogP contribution in [0.3, 0.4) is 0 Å². The van der Waals surface area contributed by atoms with Crippen molar-refractivity contribution in [2.45, 2.75) is 91.4 Å². The van der Waals surface area contributed by atoms with Crippen LogP contribution >= 0.6 is 0 Å². The zero-order chi connectivity index (χ0) is 11.4. The second-order valence-corrected chi connectivity index (χ2v) is 4.97. The van der Waals surface area contributed by atoms with Crippen LogP contribution in [0.2, 0.25) is 0 Å². The lowest BCUT2D eigenvalue weighted by molar-refractivity contribution is 0.349. The van der Waals surface area contributed by atoms with Crippen molar-refractivity contribution in [2.75, 3.05) is 0 Å². The molecule has 0 aromatic heterocycles. The van der Waals surface area contributed by atoms with Crippen molar-refractivity contribution in [1.82, 2.24) is 0 Å². The van der Waals surface area contributed by atoms with E-state index >= 15 is 0 Å². The molecule has 0 saturated heterocycles. The second kappa shape index (κ2) is 12.1. The molecule has 1 fully saturated rings. The van der Waals surface area contributed by atoms with Crippen LogP contribution in [-0.2, 0) is 0 Å². The van der Waals surface area contributed by atoms with Crippen LogP contribution in [0.25, 0.3) is 0 Å². The van der Waals surface area contributed by atoms with Crippen molar-refractivity contribution in [1.29, 1.82) is 0 Å². The van der Waals surface area contributed by atoms with Crippen LogP contribution in [-0.4, -0.2) is 0 Å². The summed E-state index contributed by atoms with van der Waals surface area (Å²) in [5.74, 6) is 1.09. The Kier molecular flexibility index (Phi) is 12.1. The van der Waals surface area contributed by atoms with Gasteiger partial charge in [-0.1, -0.05) is 91.4 Å². The fourth-order valence-electron chi connectivity index (χ4n) is 2.27. The van der Waals surface area contributed by atoms with E-state index in [1.54, 1.807) is 0 Å². The Hall–Kier alpha value is 0. The molecule has 1 aliphatic rings. The van der Waals surface area contributed by atoms with Gasteiger partial charge in [-0.05, 0) is 5.92 Å². The summed E-state index contributed by atoms with van der Waals surface area (Å²) in [7, 11) is 0. The van der Waals surface area contributed by atoms with Crippen molar-refractivity contribution >= 4 is 0 Å². The molecule has 1 aliphatic carbocycles. The van der Waals surface area contributed by atoms with Crippen LogP contribution in [0.15, 0.2) is 0 Å². The van der Waals surface area contributed by atoms with Gasteiger partial charge in [0.1, 0.15) is 0 Å². The quantitative estimate of drug-likeness (QED) is 0.494. The molecule has 0 N–H and O–H groups in total. The minimum Gasteiger partial charge on any atom is -0.0654 e. The number of unbranched alkanes of at least 4 members (excludes halogenated alkanes) is 4. The third-order valence-electron chi connectivity index (χ3n) is 3.51. The van der Waals surface area contributed by atoms with Crippen molar-refractivity contribution in [3.63, 3.8) is 0 Å². The van der Waals surface area contributed by atoms with Gasteiger partial charge in [-0.2, -0.15) is 0 Å². The van der Waals surface area contributed by atoms with Gasteiger partial charge in [-0.15, -0.1) is 0 Å². The molecule has 0 bridgehead atoms. The first kappa shape index (κ1) is 15.0. The zero-order valence-corrected chi connectivity index (χ0v) is 11.4. The average molecular weight is 212 g/mol. The molecule has 0 amide bonds. The van der Waals surface area contributed by atoms with Crippen molar-refractivity contribution in [3.8, 4) is 0 Å². The van der Waals surface area contributed by atoms with Crippen molar-refractivity contribution < 1.29 is 0 Å². The molecule has 0 radical (unpaired) electrons. The highest BCUT2D eigenvalue weighted by Gasteiger charge is 2.09. The van der Waals surface area contributed by atoms with Gasteiger partial charge >= 0.3 is 0 Å². The Balaban J connectivity index is 0.000000265. The molecule has 1 rings (SSSR count). The smallest absolute Gasteiger partial charge is 0.0417 e. The summed E-state index contributed by atoms with van der Waals surface area (Å²) in [6.07, 6.45) is 15.9. The van der Waals surface area contributed by atoms with Gasteiger partial charge in [0, 0.05) is 0 Å². The highest BCUT2D eigenvalue weighted by Crippen LogP contribution is 2.25. The van der Waals surface area contributed by atoms with E-state index in [-0.39, 0.29) is 0 Å². The lowest BCUT2D eigenvalue weighted by atomic mass is 9.88. The Bertz CT molecular complexity index is 96.6. The molecule has 15 heavy (non-hydrogen) atoms. The first-order chi connectivity index (χ1) is 7.35. The predicted molar refractivity (Wildman–Crippen MR) is 71.3 cm³/mol. The van der Waals surface area contributed by atoms with Crippen LogP contribution in [0.4, 0.5) is 0 Å². The average Bonchev–Trinajstić information content (AvgIpc) is 2.32. The third-order valence-corrected chi connectivity index (χ3v) is 3.51. The van der Waals surface area contributed by atoms with E-state index in [1.165, 1.54) is 70.6 Å². The fourth-order valence-corrected chi connectivity index (χ4v) is 2.27. The molecule has 92 valence electrons. The van der Waals surface area contributed by atoms with Crippen LogP contribution in [0.1, 0.15) is 91.4 Å². The minimum atomic E-state index is 1.09. The molecule has 0 aromatic carbocycles. The molecule has 0 aromatic rings. The summed E-state index contributed by atoms with van der Waals surface area (Å²) in [6.45, 7) is 6.81. The van der Waals surface area contributed by atoms with E-state index in [4.69, 9.17) is 0 Å². The highest BCUT2D eigenvalue weighted by atomic mass is 14.2. The molecule has 0 heteroatoms. The second-order valence-electron chi connectivity index (χ2n) is 4.97. The Morgan fingerprint density at radius 1 is 0.733 bits per heavy atom. The topological polar surface area (TPSA) is 0 Å². The SMILES string of the molecule is CCC1CCCCC1.CCCCCCC. The Morgan fingerprint density at radius 2 is 1.27 bits per heavy atom. The maximum absolute atomic E-state index is 2.32.